The number of aliphatic hydroxyl groups excluding tert-OH is 1. The molecule has 0 radical (unpaired) electrons. The highest BCUT2D eigenvalue weighted by molar-refractivity contribution is 6.30. The molecule has 6 heteroatoms. The number of aliphatic hydroxyl groups is 1. The molecule has 0 saturated heterocycles. The van der Waals surface area contributed by atoms with Gasteiger partial charge in [-0.3, -0.25) is 4.79 Å². The van der Waals surface area contributed by atoms with Crippen molar-refractivity contribution in [3.05, 3.63) is 47.2 Å². The Morgan fingerprint density at radius 1 is 1.41 bits per heavy atom. The van der Waals surface area contributed by atoms with Crippen LogP contribution in [-0.2, 0) is 0 Å². The number of nitrogens with zero attached hydrogens (tertiary/aromatic N) is 3. The zero-order valence-corrected chi connectivity index (χ0v) is 13.7. The summed E-state index contributed by atoms with van der Waals surface area (Å²) in [6.45, 7) is 5.79. The van der Waals surface area contributed by atoms with Gasteiger partial charge in [0.2, 0.25) is 0 Å². The molecule has 2 rings (SSSR count). The maximum Gasteiger partial charge on any atom is 0.257 e. The molecule has 0 aliphatic carbocycles. The Morgan fingerprint density at radius 3 is 2.73 bits per heavy atom. The SMILES string of the molecule is CC(O)CN(C(=O)c1cnn(-c2cccc(Cl)c2)c1)C(C)C. The second-order valence-electron chi connectivity index (χ2n) is 5.55. The molecule has 2 aromatic rings. The summed E-state index contributed by atoms with van der Waals surface area (Å²) >= 11 is 5.97. The predicted octanol–water partition coefficient (Wildman–Crippen LogP) is 2.76. The van der Waals surface area contributed by atoms with Crippen LogP contribution in [-0.4, -0.2) is 44.4 Å². The largest absolute Gasteiger partial charge is 0.392 e. The molecule has 0 bridgehead atoms. The summed E-state index contributed by atoms with van der Waals surface area (Å²) in [5, 5.41) is 14.4. The molecule has 1 aromatic heterocycles. The van der Waals surface area contributed by atoms with E-state index in [9.17, 15) is 9.90 Å². The van der Waals surface area contributed by atoms with Crippen LogP contribution in [0.15, 0.2) is 36.7 Å². The van der Waals surface area contributed by atoms with Crippen LogP contribution in [0.3, 0.4) is 0 Å². The van der Waals surface area contributed by atoms with Gasteiger partial charge in [0.1, 0.15) is 0 Å². The second-order valence-corrected chi connectivity index (χ2v) is 5.99. The van der Waals surface area contributed by atoms with E-state index < -0.39 is 6.10 Å². The first-order valence-electron chi connectivity index (χ1n) is 7.18. The smallest absolute Gasteiger partial charge is 0.257 e. The molecule has 0 saturated carbocycles. The van der Waals surface area contributed by atoms with Crippen molar-refractivity contribution < 1.29 is 9.90 Å². The maximum absolute atomic E-state index is 12.6. The van der Waals surface area contributed by atoms with E-state index >= 15 is 0 Å². The van der Waals surface area contributed by atoms with Crippen LogP contribution in [0.5, 0.6) is 0 Å². The minimum Gasteiger partial charge on any atom is -0.392 e. The van der Waals surface area contributed by atoms with E-state index in [4.69, 9.17) is 11.6 Å². The Bertz CT molecular complexity index is 652. The maximum atomic E-state index is 12.6. The van der Waals surface area contributed by atoms with E-state index in [1.807, 2.05) is 26.0 Å². The Kier molecular flexibility index (Phi) is 5.21. The van der Waals surface area contributed by atoms with Crippen LogP contribution < -0.4 is 0 Å². The molecule has 22 heavy (non-hydrogen) atoms. The third kappa shape index (κ3) is 3.87. The highest BCUT2D eigenvalue weighted by atomic mass is 35.5. The van der Waals surface area contributed by atoms with Gasteiger partial charge in [-0.25, -0.2) is 4.68 Å². The predicted molar refractivity (Wildman–Crippen MR) is 86.4 cm³/mol. The van der Waals surface area contributed by atoms with E-state index in [1.54, 1.807) is 34.8 Å². The van der Waals surface area contributed by atoms with E-state index in [0.29, 0.717) is 17.1 Å². The number of carbonyl (C=O) groups excluding carboxylic acids is 1. The Balaban J connectivity index is 2.24. The van der Waals surface area contributed by atoms with Crippen LogP contribution >= 0.6 is 11.6 Å². The average molecular weight is 322 g/mol. The van der Waals surface area contributed by atoms with E-state index in [0.717, 1.165) is 5.69 Å². The summed E-state index contributed by atoms with van der Waals surface area (Å²) in [5.41, 5.74) is 1.27. The van der Waals surface area contributed by atoms with Gasteiger partial charge in [-0.05, 0) is 39.0 Å². The number of hydrogen-bond acceptors (Lipinski definition) is 3. The quantitative estimate of drug-likeness (QED) is 0.921. The van der Waals surface area contributed by atoms with Crippen molar-refractivity contribution in [2.45, 2.75) is 32.9 Å². The van der Waals surface area contributed by atoms with Crippen molar-refractivity contribution >= 4 is 17.5 Å². The summed E-state index contributed by atoms with van der Waals surface area (Å²) in [6.07, 6.45) is 2.63. The van der Waals surface area contributed by atoms with Gasteiger partial charge >= 0.3 is 0 Å². The number of hydrogen-bond donors (Lipinski definition) is 1. The lowest BCUT2D eigenvalue weighted by atomic mass is 10.2. The fourth-order valence-electron chi connectivity index (χ4n) is 2.17. The number of amides is 1. The molecular weight excluding hydrogens is 302 g/mol. The Morgan fingerprint density at radius 2 is 2.14 bits per heavy atom. The topological polar surface area (TPSA) is 58.4 Å². The molecule has 0 fully saturated rings. The third-order valence-electron chi connectivity index (χ3n) is 3.25. The molecular formula is C16H20ClN3O2. The fourth-order valence-corrected chi connectivity index (χ4v) is 2.36. The average Bonchev–Trinajstić information content (AvgIpc) is 2.93. The lowest BCUT2D eigenvalue weighted by Crippen LogP contribution is -2.41. The number of halogens is 1. The lowest BCUT2D eigenvalue weighted by molar-refractivity contribution is 0.0579. The van der Waals surface area contributed by atoms with Gasteiger partial charge in [-0.15, -0.1) is 0 Å². The first-order valence-corrected chi connectivity index (χ1v) is 7.56. The van der Waals surface area contributed by atoms with Crippen LogP contribution in [0, 0.1) is 0 Å². The highest BCUT2D eigenvalue weighted by Gasteiger charge is 2.21. The number of aromatic nitrogens is 2. The minimum absolute atomic E-state index is 0.00313. The molecule has 1 amide bonds. The van der Waals surface area contributed by atoms with Crippen molar-refractivity contribution in [1.29, 1.82) is 0 Å². The van der Waals surface area contributed by atoms with E-state index in [-0.39, 0.29) is 11.9 Å². The van der Waals surface area contributed by atoms with Crippen molar-refractivity contribution in [3.63, 3.8) is 0 Å². The zero-order valence-electron chi connectivity index (χ0n) is 12.9. The first-order chi connectivity index (χ1) is 10.4. The number of benzene rings is 1. The number of rotatable bonds is 5. The van der Waals surface area contributed by atoms with Crippen molar-refractivity contribution in [2.75, 3.05) is 6.54 Å². The van der Waals surface area contributed by atoms with Gasteiger partial charge < -0.3 is 10.0 Å². The normalized spacial score (nSPS) is 12.5. The molecule has 1 aromatic carbocycles. The molecule has 0 aliphatic heterocycles. The number of carbonyl (C=O) groups is 1. The van der Waals surface area contributed by atoms with Crippen LogP contribution in [0.1, 0.15) is 31.1 Å². The van der Waals surface area contributed by atoms with Crippen LogP contribution in [0.2, 0.25) is 5.02 Å². The molecule has 0 spiro atoms. The van der Waals surface area contributed by atoms with Crippen LogP contribution in [0.25, 0.3) is 5.69 Å². The standard InChI is InChI=1S/C16H20ClN3O2/c1-11(2)19(9-12(3)21)16(22)13-8-18-20(10-13)15-6-4-5-14(17)7-15/h4-8,10-12,21H,9H2,1-3H3. The van der Waals surface area contributed by atoms with Gasteiger partial charge in [0, 0.05) is 23.8 Å². The zero-order chi connectivity index (χ0) is 16.3. The summed E-state index contributed by atoms with van der Waals surface area (Å²) in [7, 11) is 0. The minimum atomic E-state index is -0.575. The van der Waals surface area contributed by atoms with Crippen molar-refractivity contribution in [2.24, 2.45) is 0 Å². The molecule has 5 nitrogen and oxygen atoms in total. The summed E-state index contributed by atoms with van der Waals surface area (Å²) in [4.78, 5) is 14.2. The molecule has 0 aliphatic rings. The highest BCUT2D eigenvalue weighted by Crippen LogP contribution is 2.16. The Labute approximate surface area is 135 Å². The lowest BCUT2D eigenvalue weighted by Gasteiger charge is -2.27. The second kappa shape index (κ2) is 6.94. The molecule has 1 heterocycles. The van der Waals surface area contributed by atoms with Crippen molar-refractivity contribution in [1.82, 2.24) is 14.7 Å². The monoisotopic (exact) mass is 321 g/mol. The van der Waals surface area contributed by atoms with Gasteiger partial charge in [-0.1, -0.05) is 17.7 Å². The van der Waals surface area contributed by atoms with Crippen LogP contribution in [0.4, 0.5) is 0 Å². The van der Waals surface area contributed by atoms with Crippen molar-refractivity contribution in [3.8, 4) is 5.69 Å². The fraction of sp³-hybridized carbons (Fsp3) is 0.375. The van der Waals surface area contributed by atoms with Gasteiger partial charge in [0.15, 0.2) is 0 Å². The summed E-state index contributed by atoms with van der Waals surface area (Å²) < 4.78 is 1.61. The third-order valence-corrected chi connectivity index (χ3v) is 3.48. The van der Waals surface area contributed by atoms with E-state index in [1.165, 1.54) is 6.20 Å². The van der Waals surface area contributed by atoms with Gasteiger partial charge in [-0.2, -0.15) is 5.10 Å². The molecule has 1 N–H and O–H groups in total. The summed E-state index contributed by atoms with van der Waals surface area (Å²) in [6, 6.07) is 7.25. The summed E-state index contributed by atoms with van der Waals surface area (Å²) in [5.74, 6) is -0.149. The Hall–Kier alpha value is -1.85. The molecule has 1 atom stereocenters. The molecule has 1 unspecified atom stereocenters. The van der Waals surface area contributed by atoms with Gasteiger partial charge in [0.05, 0.1) is 23.6 Å². The van der Waals surface area contributed by atoms with E-state index in [2.05, 4.69) is 5.10 Å². The van der Waals surface area contributed by atoms with Gasteiger partial charge in [0.25, 0.3) is 5.91 Å². The molecule has 118 valence electrons. The first kappa shape index (κ1) is 16.5.